The van der Waals surface area contributed by atoms with E-state index in [0.717, 1.165) is 27.5 Å². The van der Waals surface area contributed by atoms with E-state index in [0.29, 0.717) is 23.8 Å². The van der Waals surface area contributed by atoms with Gasteiger partial charge in [-0.3, -0.25) is 14.5 Å². The Morgan fingerprint density at radius 2 is 1.63 bits per heavy atom. The van der Waals surface area contributed by atoms with Crippen molar-refractivity contribution in [1.29, 1.82) is 0 Å². The van der Waals surface area contributed by atoms with Crippen LogP contribution in [0.15, 0.2) is 89.8 Å². The number of anilines is 1. The molecule has 3 aromatic carbocycles. The van der Waals surface area contributed by atoms with Gasteiger partial charge < -0.3 is 10.2 Å². The third-order valence-electron chi connectivity index (χ3n) is 6.59. The van der Waals surface area contributed by atoms with Crippen molar-refractivity contribution >= 4 is 35.3 Å². The number of benzene rings is 3. The van der Waals surface area contributed by atoms with Gasteiger partial charge in [0.2, 0.25) is 5.91 Å². The third-order valence-corrected chi connectivity index (χ3v) is 7.83. The number of amides is 4. The molecule has 2 heterocycles. The Morgan fingerprint density at radius 1 is 0.971 bits per heavy atom. The molecule has 0 aliphatic carbocycles. The number of hydrogen-bond donors (Lipinski definition) is 1. The van der Waals surface area contributed by atoms with E-state index in [2.05, 4.69) is 12.2 Å². The standard InChI is InChI=1S/C28H27N3O3S/c1-20-16-17-30(23-14-8-9-15-24(23)35-20)25(32)19-31-26(33)28(29-27(31)34,22-12-6-3-7-13-22)18-21-10-4-2-5-11-21/h2-15,20H,16-19H2,1H3,(H,29,34). The Labute approximate surface area is 209 Å². The van der Waals surface area contributed by atoms with Gasteiger partial charge >= 0.3 is 6.03 Å². The number of nitrogens with zero attached hydrogens (tertiary/aromatic N) is 2. The second-order valence-corrected chi connectivity index (χ2v) is 10.5. The highest BCUT2D eigenvalue weighted by Crippen LogP contribution is 2.38. The van der Waals surface area contributed by atoms with E-state index < -0.39 is 17.5 Å². The monoisotopic (exact) mass is 485 g/mol. The number of imide groups is 1. The van der Waals surface area contributed by atoms with Crippen LogP contribution in [0.4, 0.5) is 10.5 Å². The highest BCUT2D eigenvalue weighted by molar-refractivity contribution is 8.00. The second-order valence-electron chi connectivity index (χ2n) is 8.99. The molecule has 2 aliphatic rings. The van der Waals surface area contributed by atoms with E-state index in [9.17, 15) is 14.4 Å². The van der Waals surface area contributed by atoms with Gasteiger partial charge in [-0.1, -0.05) is 79.7 Å². The zero-order valence-corrected chi connectivity index (χ0v) is 20.3. The molecule has 4 amide bonds. The van der Waals surface area contributed by atoms with Crippen molar-refractivity contribution in [2.24, 2.45) is 0 Å². The van der Waals surface area contributed by atoms with Crippen LogP contribution in [0.2, 0.25) is 0 Å². The summed E-state index contributed by atoms with van der Waals surface area (Å²) in [6, 6.07) is 26.1. The maximum Gasteiger partial charge on any atom is 0.325 e. The predicted molar refractivity (Wildman–Crippen MR) is 137 cm³/mol. The lowest BCUT2D eigenvalue weighted by molar-refractivity contribution is -0.134. The Hall–Kier alpha value is -3.58. The van der Waals surface area contributed by atoms with Crippen LogP contribution in [0.1, 0.15) is 24.5 Å². The first-order chi connectivity index (χ1) is 17.0. The Bertz CT molecular complexity index is 1250. The van der Waals surface area contributed by atoms with Gasteiger partial charge in [0, 0.05) is 23.1 Å². The molecule has 1 saturated heterocycles. The fraction of sp³-hybridized carbons (Fsp3) is 0.250. The SMILES string of the molecule is CC1CCN(C(=O)CN2C(=O)NC(Cc3ccccc3)(c3ccccc3)C2=O)c2ccccc2S1. The zero-order valence-electron chi connectivity index (χ0n) is 19.5. The van der Waals surface area contributed by atoms with Gasteiger partial charge in [-0.15, -0.1) is 11.8 Å². The molecule has 0 saturated carbocycles. The van der Waals surface area contributed by atoms with Crippen LogP contribution in [0.3, 0.4) is 0 Å². The molecule has 3 aromatic rings. The molecule has 6 nitrogen and oxygen atoms in total. The first kappa shape index (κ1) is 23.2. The summed E-state index contributed by atoms with van der Waals surface area (Å²) in [4.78, 5) is 44.4. The molecule has 1 fully saturated rings. The highest BCUT2D eigenvalue weighted by atomic mass is 32.2. The fourth-order valence-electron chi connectivity index (χ4n) is 4.78. The summed E-state index contributed by atoms with van der Waals surface area (Å²) >= 11 is 1.74. The lowest BCUT2D eigenvalue weighted by atomic mass is 9.83. The summed E-state index contributed by atoms with van der Waals surface area (Å²) in [5.74, 6) is -0.670. The normalized spacial score (nSPS) is 21.9. The van der Waals surface area contributed by atoms with E-state index >= 15 is 0 Å². The average molecular weight is 486 g/mol. The van der Waals surface area contributed by atoms with Crippen LogP contribution in [-0.4, -0.2) is 41.1 Å². The number of carbonyl (C=O) groups is 3. The summed E-state index contributed by atoms with van der Waals surface area (Å²) in [5.41, 5.74) is 1.19. The molecule has 0 bridgehead atoms. The van der Waals surface area contributed by atoms with Crippen LogP contribution >= 0.6 is 11.8 Å². The molecule has 2 unspecified atom stereocenters. The van der Waals surface area contributed by atoms with Crippen molar-refractivity contribution in [3.05, 3.63) is 96.1 Å². The number of thioether (sulfide) groups is 1. The van der Waals surface area contributed by atoms with E-state index in [-0.39, 0.29) is 12.5 Å². The van der Waals surface area contributed by atoms with Gasteiger partial charge in [0.15, 0.2) is 5.54 Å². The van der Waals surface area contributed by atoms with Gasteiger partial charge in [0.05, 0.1) is 5.69 Å². The molecule has 7 heteroatoms. The van der Waals surface area contributed by atoms with Crippen molar-refractivity contribution in [3.8, 4) is 0 Å². The van der Waals surface area contributed by atoms with Crippen molar-refractivity contribution in [2.75, 3.05) is 18.0 Å². The van der Waals surface area contributed by atoms with E-state index in [1.54, 1.807) is 16.7 Å². The molecule has 2 atom stereocenters. The molecule has 0 radical (unpaired) electrons. The molecule has 1 N–H and O–H groups in total. The van der Waals surface area contributed by atoms with E-state index in [1.165, 1.54) is 0 Å². The summed E-state index contributed by atoms with van der Waals surface area (Å²) in [5, 5.41) is 3.30. The minimum Gasteiger partial charge on any atom is -0.319 e. The number of para-hydroxylation sites is 1. The molecule has 0 spiro atoms. The lowest BCUT2D eigenvalue weighted by Crippen LogP contribution is -2.47. The molecule has 35 heavy (non-hydrogen) atoms. The molecule has 2 aliphatic heterocycles. The first-order valence-corrected chi connectivity index (χ1v) is 12.7. The van der Waals surface area contributed by atoms with Gasteiger partial charge in [-0.25, -0.2) is 4.79 Å². The van der Waals surface area contributed by atoms with Crippen molar-refractivity contribution in [1.82, 2.24) is 10.2 Å². The predicted octanol–water partition coefficient (Wildman–Crippen LogP) is 4.59. The minimum absolute atomic E-state index is 0.265. The van der Waals surface area contributed by atoms with Gasteiger partial charge in [0.1, 0.15) is 6.54 Å². The number of rotatable bonds is 5. The van der Waals surface area contributed by atoms with Gasteiger partial charge in [-0.05, 0) is 29.7 Å². The Kier molecular flexibility index (Phi) is 6.34. The van der Waals surface area contributed by atoms with Crippen LogP contribution in [0.25, 0.3) is 0 Å². The number of fused-ring (bicyclic) bond motifs is 1. The van der Waals surface area contributed by atoms with E-state index in [1.807, 2.05) is 84.9 Å². The topological polar surface area (TPSA) is 69.7 Å². The van der Waals surface area contributed by atoms with E-state index in [4.69, 9.17) is 0 Å². The summed E-state index contributed by atoms with van der Waals surface area (Å²) in [6.07, 6.45) is 1.13. The maximum atomic E-state index is 13.9. The largest absolute Gasteiger partial charge is 0.325 e. The molecular formula is C28H27N3O3S. The minimum atomic E-state index is -1.26. The Morgan fingerprint density at radius 3 is 2.37 bits per heavy atom. The smallest absolute Gasteiger partial charge is 0.319 e. The average Bonchev–Trinajstić information content (AvgIpc) is 3.00. The number of nitrogens with one attached hydrogen (secondary N) is 1. The number of urea groups is 1. The van der Waals surface area contributed by atoms with Crippen molar-refractivity contribution < 1.29 is 14.4 Å². The van der Waals surface area contributed by atoms with Gasteiger partial charge in [-0.2, -0.15) is 0 Å². The van der Waals surface area contributed by atoms with Crippen LogP contribution in [0.5, 0.6) is 0 Å². The quantitative estimate of drug-likeness (QED) is 0.537. The van der Waals surface area contributed by atoms with Crippen molar-refractivity contribution in [2.45, 2.75) is 35.4 Å². The van der Waals surface area contributed by atoms with Gasteiger partial charge in [0.25, 0.3) is 5.91 Å². The maximum absolute atomic E-state index is 13.9. The summed E-state index contributed by atoms with van der Waals surface area (Å²) in [7, 11) is 0. The molecule has 0 aromatic heterocycles. The zero-order chi connectivity index (χ0) is 24.4. The number of hydrogen-bond acceptors (Lipinski definition) is 4. The van der Waals surface area contributed by atoms with Crippen LogP contribution < -0.4 is 10.2 Å². The Balaban J connectivity index is 1.45. The highest BCUT2D eigenvalue weighted by Gasteiger charge is 2.53. The first-order valence-electron chi connectivity index (χ1n) is 11.8. The third kappa shape index (κ3) is 4.44. The second kappa shape index (κ2) is 9.58. The number of carbonyl (C=O) groups excluding carboxylic acids is 3. The lowest BCUT2D eigenvalue weighted by Gasteiger charge is -2.28. The summed E-state index contributed by atoms with van der Waals surface area (Å²) in [6.45, 7) is 2.38. The van der Waals surface area contributed by atoms with Crippen molar-refractivity contribution in [3.63, 3.8) is 0 Å². The van der Waals surface area contributed by atoms with Crippen LogP contribution in [0, 0.1) is 0 Å². The fourth-order valence-corrected chi connectivity index (χ4v) is 5.89. The molecular weight excluding hydrogens is 458 g/mol. The molecule has 178 valence electrons. The summed E-state index contributed by atoms with van der Waals surface area (Å²) < 4.78 is 0. The molecule has 5 rings (SSSR count). The van der Waals surface area contributed by atoms with Crippen LogP contribution in [-0.2, 0) is 21.5 Å².